The summed E-state index contributed by atoms with van der Waals surface area (Å²) in [6, 6.07) is 3.97. The van der Waals surface area contributed by atoms with Crippen LogP contribution in [0.5, 0.6) is 0 Å². The summed E-state index contributed by atoms with van der Waals surface area (Å²) in [6.45, 7) is 10.4. The van der Waals surface area contributed by atoms with Crippen molar-refractivity contribution in [2.75, 3.05) is 13.2 Å². The maximum Gasteiger partial charge on any atom is 0.117 e. The third-order valence-electron chi connectivity index (χ3n) is 2.18. The maximum absolute atomic E-state index is 5.58. The molecule has 1 heterocycles. The molecule has 0 radical (unpaired) electrons. The van der Waals surface area contributed by atoms with Crippen molar-refractivity contribution in [1.29, 1.82) is 0 Å². The van der Waals surface area contributed by atoms with Gasteiger partial charge in [0.1, 0.15) is 11.5 Å². The number of rotatable bonds is 6. The summed E-state index contributed by atoms with van der Waals surface area (Å²) in [5, 5.41) is 3.32. The molecule has 3 heteroatoms. The minimum Gasteiger partial charge on any atom is -0.465 e. The van der Waals surface area contributed by atoms with Gasteiger partial charge in [-0.05, 0) is 39.8 Å². The van der Waals surface area contributed by atoms with Crippen LogP contribution in [0.4, 0.5) is 0 Å². The van der Waals surface area contributed by atoms with Crippen molar-refractivity contribution in [3.8, 4) is 0 Å². The first kappa shape index (κ1) is 12.3. The van der Waals surface area contributed by atoms with Gasteiger partial charge in [0.05, 0.1) is 12.1 Å². The molecule has 0 fully saturated rings. The first-order valence-electron chi connectivity index (χ1n) is 5.43. The van der Waals surface area contributed by atoms with Crippen LogP contribution in [0.25, 0.3) is 0 Å². The van der Waals surface area contributed by atoms with E-state index in [-0.39, 0.29) is 5.60 Å². The van der Waals surface area contributed by atoms with Gasteiger partial charge in [-0.25, -0.2) is 0 Å². The molecule has 0 atom stereocenters. The average molecular weight is 211 g/mol. The first-order chi connectivity index (χ1) is 7.03. The van der Waals surface area contributed by atoms with Gasteiger partial charge in [-0.2, -0.15) is 0 Å². The largest absolute Gasteiger partial charge is 0.465 e. The van der Waals surface area contributed by atoms with Gasteiger partial charge in [-0.3, -0.25) is 0 Å². The average Bonchev–Trinajstić information content (AvgIpc) is 2.51. The van der Waals surface area contributed by atoms with Crippen molar-refractivity contribution in [1.82, 2.24) is 5.32 Å². The van der Waals surface area contributed by atoms with E-state index in [1.54, 1.807) is 0 Å². The van der Waals surface area contributed by atoms with Crippen LogP contribution >= 0.6 is 0 Å². The lowest BCUT2D eigenvalue weighted by atomic mass is 10.1. The molecule has 3 nitrogen and oxygen atoms in total. The molecule has 0 bridgehead atoms. The predicted molar refractivity (Wildman–Crippen MR) is 60.9 cm³/mol. The van der Waals surface area contributed by atoms with E-state index in [1.807, 2.05) is 26.0 Å². The fraction of sp³-hybridized carbons (Fsp3) is 0.667. The van der Waals surface area contributed by atoms with Crippen LogP contribution in [0.3, 0.4) is 0 Å². The van der Waals surface area contributed by atoms with Crippen LogP contribution in [0.15, 0.2) is 16.5 Å². The first-order valence-corrected chi connectivity index (χ1v) is 5.43. The zero-order valence-electron chi connectivity index (χ0n) is 10.1. The summed E-state index contributed by atoms with van der Waals surface area (Å²) in [7, 11) is 0. The Morgan fingerprint density at radius 3 is 2.67 bits per heavy atom. The Morgan fingerprint density at radius 2 is 2.13 bits per heavy atom. The van der Waals surface area contributed by atoms with Gasteiger partial charge in [0.25, 0.3) is 0 Å². The Balaban J connectivity index is 2.27. The van der Waals surface area contributed by atoms with Crippen LogP contribution < -0.4 is 5.32 Å². The Hall–Kier alpha value is -0.800. The Morgan fingerprint density at radius 1 is 1.40 bits per heavy atom. The zero-order chi connectivity index (χ0) is 11.3. The molecule has 1 aromatic rings. The van der Waals surface area contributed by atoms with E-state index < -0.39 is 0 Å². The van der Waals surface area contributed by atoms with E-state index in [1.165, 1.54) is 0 Å². The van der Waals surface area contributed by atoms with Crippen LogP contribution in [-0.4, -0.2) is 18.8 Å². The lowest BCUT2D eigenvalue weighted by Crippen LogP contribution is -2.37. The molecular formula is C12H21NO2. The highest BCUT2D eigenvalue weighted by atomic mass is 16.5. The maximum atomic E-state index is 5.58. The minimum atomic E-state index is -0.115. The van der Waals surface area contributed by atoms with E-state index in [9.17, 15) is 0 Å². The molecule has 15 heavy (non-hydrogen) atoms. The van der Waals surface area contributed by atoms with Gasteiger partial charge in [0.2, 0.25) is 0 Å². The number of furan rings is 1. The molecule has 0 aliphatic rings. The fourth-order valence-electron chi connectivity index (χ4n) is 1.51. The molecule has 0 saturated carbocycles. The van der Waals surface area contributed by atoms with E-state index in [4.69, 9.17) is 9.15 Å². The second-order valence-corrected chi connectivity index (χ2v) is 4.31. The molecule has 0 unspecified atom stereocenters. The highest BCUT2D eigenvalue weighted by molar-refractivity contribution is 5.05. The molecule has 1 rings (SSSR count). The Labute approximate surface area is 91.8 Å². The van der Waals surface area contributed by atoms with Crippen molar-refractivity contribution >= 4 is 0 Å². The second kappa shape index (κ2) is 5.33. The number of aryl methyl sites for hydroxylation is 1. The highest BCUT2D eigenvalue weighted by Crippen LogP contribution is 2.09. The number of hydrogen-bond acceptors (Lipinski definition) is 3. The van der Waals surface area contributed by atoms with Crippen molar-refractivity contribution < 1.29 is 9.15 Å². The van der Waals surface area contributed by atoms with Crippen LogP contribution in [0, 0.1) is 6.92 Å². The summed E-state index contributed by atoms with van der Waals surface area (Å²) < 4.78 is 11.0. The fourth-order valence-corrected chi connectivity index (χ4v) is 1.51. The molecule has 1 N–H and O–H groups in total. The third kappa shape index (κ3) is 4.49. The molecule has 0 aliphatic heterocycles. The summed E-state index contributed by atoms with van der Waals surface area (Å²) in [4.78, 5) is 0. The van der Waals surface area contributed by atoms with Crippen molar-refractivity contribution in [3.63, 3.8) is 0 Å². The molecule has 0 spiro atoms. The van der Waals surface area contributed by atoms with Crippen molar-refractivity contribution in [2.45, 2.75) is 39.8 Å². The van der Waals surface area contributed by atoms with Crippen LogP contribution in [-0.2, 0) is 11.3 Å². The minimum absolute atomic E-state index is 0.115. The van der Waals surface area contributed by atoms with Crippen LogP contribution in [0.1, 0.15) is 32.3 Å². The number of hydrogen-bond donors (Lipinski definition) is 1. The normalized spacial score (nSPS) is 12.0. The third-order valence-corrected chi connectivity index (χ3v) is 2.18. The predicted octanol–water partition coefficient (Wildman–Crippen LogP) is 2.49. The van der Waals surface area contributed by atoms with Gasteiger partial charge >= 0.3 is 0 Å². The number of nitrogens with one attached hydrogen (secondary N) is 1. The molecular weight excluding hydrogens is 190 g/mol. The van der Waals surface area contributed by atoms with Gasteiger partial charge in [-0.1, -0.05) is 0 Å². The lowest BCUT2D eigenvalue weighted by molar-refractivity contribution is -0.00920. The summed E-state index contributed by atoms with van der Waals surface area (Å²) in [6.07, 6.45) is 0. The van der Waals surface area contributed by atoms with Gasteiger partial charge in [-0.15, -0.1) is 0 Å². The lowest BCUT2D eigenvalue weighted by Gasteiger charge is -2.24. The molecule has 0 aliphatic carbocycles. The Kier molecular flexibility index (Phi) is 4.36. The molecule has 86 valence electrons. The highest BCUT2D eigenvalue weighted by Gasteiger charge is 2.16. The molecule has 0 aromatic carbocycles. The van der Waals surface area contributed by atoms with E-state index in [0.29, 0.717) is 0 Å². The van der Waals surface area contributed by atoms with Gasteiger partial charge < -0.3 is 14.5 Å². The monoisotopic (exact) mass is 211 g/mol. The van der Waals surface area contributed by atoms with E-state index >= 15 is 0 Å². The van der Waals surface area contributed by atoms with E-state index in [0.717, 1.165) is 31.2 Å². The standard InChI is InChI=1S/C12H21NO2/c1-5-14-12(3,4)9-13-8-11-7-6-10(2)15-11/h6-7,13H,5,8-9H2,1-4H3. The van der Waals surface area contributed by atoms with Crippen molar-refractivity contribution in [3.05, 3.63) is 23.7 Å². The Bertz CT molecular complexity index is 292. The van der Waals surface area contributed by atoms with Gasteiger partial charge in [0.15, 0.2) is 0 Å². The summed E-state index contributed by atoms with van der Waals surface area (Å²) in [5.74, 6) is 1.93. The SMILES string of the molecule is CCOC(C)(C)CNCc1ccc(C)o1. The summed E-state index contributed by atoms with van der Waals surface area (Å²) in [5.41, 5.74) is -0.115. The smallest absolute Gasteiger partial charge is 0.117 e. The van der Waals surface area contributed by atoms with Gasteiger partial charge in [0, 0.05) is 13.2 Å². The zero-order valence-corrected chi connectivity index (χ0v) is 10.1. The van der Waals surface area contributed by atoms with E-state index in [2.05, 4.69) is 19.2 Å². The second-order valence-electron chi connectivity index (χ2n) is 4.31. The topological polar surface area (TPSA) is 34.4 Å². The number of ether oxygens (including phenoxy) is 1. The quantitative estimate of drug-likeness (QED) is 0.785. The molecule has 0 amide bonds. The molecule has 0 saturated heterocycles. The summed E-state index contributed by atoms with van der Waals surface area (Å²) >= 11 is 0. The molecule has 1 aromatic heterocycles. The van der Waals surface area contributed by atoms with Crippen molar-refractivity contribution in [2.24, 2.45) is 0 Å². The van der Waals surface area contributed by atoms with Crippen LogP contribution in [0.2, 0.25) is 0 Å².